The summed E-state index contributed by atoms with van der Waals surface area (Å²) >= 11 is 1.92. The van der Waals surface area contributed by atoms with E-state index in [1.54, 1.807) is 18.7 Å². The molecular formula is C97H80Ir3N8O5S-2. The predicted molar refractivity (Wildman–Crippen MR) is 446 cm³/mol. The van der Waals surface area contributed by atoms with Crippen LogP contribution < -0.4 is 9.13 Å². The van der Waals surface area contributed by atoms with E-state index in [0.29, 0.717) is 0 Å². The third-order valence-electron chi connectivity index (χ3n) is 17.5. The summed E-state index contributed by atoms with van der Waals surface area (Å²) in [4.78, 5) is 45.5. The predicted octanol–water partition coefficient (Wildman–Crippen LogP) is 21.9. The maximum absolute atomic E-state index is 10.0. The first-order valence-corrected chi connectivity index (χ1v) is 36.9. The van der Waals surface area contributed by atoms with Gasteiger partial charge in [0.1, 0.15) is 17.5 Å². The van der Waals surface area contributed by atoms with Gasteiger partial charge in [0.25, 0.3) is 0 Å². The van der Waals surface area contributed by atoms with Gasteiger partial charge in [0, 0.05) is 174 Å². The topological polar surface area (TPSA) is 173 Å². The average molecular weight is 2050 g/mol. The van der Waals surface area contributed by atoms with E-state index in [1.165, 1.54) is 121 Å². The molecule has 114 heavy (non-hydrogen) atoms. The van der Waals surface area contributed by atoms with Crippen LogP contribution in [0.3, 0.4) is 0 Å². The normalized spacial score (nSPS) is 10.9. The molecule has 0 unspecified atom stereocenters. The van der Waals surface area contributed by atoms with E-state index in [9.17, 15) is 9.59 Å². The van der Waals surface area contributed by atoms with E-state index in [2.05, 4.69) is 198 Å². The second-order valence-electron chi connectivity index (χ2n) is 26.0. The Labute approximate surface area is 709 Å². The van der Waals surface area contributed by atoms with Gasteiger partial charge < -0.3 is 24.6 Å². The molecule has 0 spiro atoms. The Morgan fingerprint density at radius 3 is 1.51 bits per heavy atom. The first-order chi connectivity index (χ1) is 54.1. The van der Waals surface area contributed by atoms with Crippen molar-refractivity contribution in [1.29, 1.82) is 0 Å². The number of fused-ring (bicyclic) bond motifs is 14. The van der Waals surface area contributed by atoms with Crippen LogP contribution in [0.5, 0.6) is 0 Å². The molecular weight excluding hydrogens is 1970 g/mol. The molecule has 0 saturated heterocycles. The largest absolute Gasteiger partial charge is 0.512 e. The van der Waals surface area contributed by atoms with Gasteiger partial charge in [0.05, 0.1) is 28.5 Å². The van der Waals surface area contributed by atoms with E-state index >= 15 is 0 Å². The Morgan fingerprint density at radius 1 is 0.447 bits per heavy atom. The van der Waals surface area contributed by atoms with Crippen molar-refractivity contribution in [2.24, 2.45) is 0 Å². The fourth-order valence-electron chi connectivity index (χ4n) is 12.6. The molecule has 0 amide bonds. The number of aliphatic hydroxyl groups excluding tert-OH is 2. The summed E-state index contributed by atoms with van der Waals surface area (Å²) < 4.78 is 13.6. The van der Waals surface area contributed by atoms with Crippen LogP contribution in [0.2, 0.25) is 0 Å². The number of para-hydroxylation sites is 1. The Hall–Kier alpha value is -11.9. The Balaban J connectivity index is 0.000000152. The van der Waals surface area contributed by atoms with Crippen LogP contribution in [0.4, 0.5) is 0 Å². The number of nitrogens with zero attached hydrogens (tertiary/aromatic N) is 8. The number of furan rings is 1. The molecule has 0 bridgehead atoms. The monoisotopic (exact) mass is 2050 g/mol. The standard InChI is InChI=1S/C18H12NO.C18H12NS.C18H14N.2C11H9N2.C11H8N.2C5H8O2.3Ir/c2*1-2-7-16-13(5-1)14-9-8-12-11-19-10-4-3-6-15(19)17(12)18(14)20-16;1-14-12-18(16-10-6-3-7-11-16)19-13-17(14)15-8-4-2-5-9-15;1-9-7-11(13-8-12-9)10-5-3-2-4-6-10;1-9-7-8-12-11(13-9)10-5-3-2-4-6-10;1-2-6-10(7-3-1)11-8-4-5-9-12-11;2*1-4(6)3-5(2)7;;;/h2*1-10H,11H2;2-10,12-13H,1H3;2*2-5,7-8H,1H3;1-6,8-9H;2*3,6H,1-2H3;;;/q2*+1;4*-1;;;;;. The minimum atomic E-state index is -0.125. The molecule has 0 aliphatic carbocycles. The van der Waals surface area contributed by atoms with Crippen LogP contribution >= 0.6 is 11.3 Å². The van der Waals surface area contributed by atoms with Gasteiger partial charge in [-0.25, -0.2) is 4.98 Å². The first-order valence-electron chi connectivity index (χ1n) is 36.1. The van der Waals surface area contributed by atoms with E-state index in [0.717, 1.165) is 80.8 Å². The van der Waals surface area contributed by atoms with Crippen LogP contribution in [0.15, 0.2) is 338 Å². The summed E-state index contributed by atoms with van der Waals surface area (Å²) in [6.07, 6.45) is 13.7. The SMILES string of the molecule is CC(=O)C=C(C)O.CC(=O)C=C(C)O.Cc1cc(-c2[c-]cccc2)ncc1-c1ccccc1.Cc1cc(-c2[c-]cccc2)ncn1.Cc1ccnc(-c2[c-]cccc2)n1.[Ir].[Ir].[Ir].[c-]1ccccc1-c1ccccn1.c1cc[n+]2c(c1)-c1c(ccc3c1oc1ccccc13)C2.c1cc[n+]2c(c1)-c1c(ccc3c1sc1ccccc13)C2. The van der Waals surface area contributed by atoms with Crippen molar-refractivity contribution in [2.45, 2.75) is 61.6 Å². The van der Waals surface area contributed by atoms with Gasteiger partial charge in [-0.1, -0.05) is 109 Å². The molecule has 17 heteroatoms. The molecule has 2 N–H and O–H groups in total. The van der Waals surface area contributed by atoms with Crippen molar-refractivity contribution in [2.75, 3.05) is 0 Å². The zero-order chi connectivity index (χ0) is 77.4. The first kappa shape index (κ1) is 86.1. The number of aliphatic hydroxyl groups is 2. The van der Waals surface area contributed by atoms with Gasteiger partial charge in [-0.2, -0.15) is 9.13 Å². The number of aryl methyl sites for hydroxylation is 3. The average Bonchev–Trinajstić information content (AvgIpc) is 1.59. The summed E-state index contributed by atoms with van der Waals surface area (Å²) in [5.74, 6) is 0.612. The maximum Gasteiger partial charge on any atom is 0.217 e. The fourth-order valence-corrected chi connectivity index (χ4v) is 13.9. The number of rotatable bonds is 7. The van der Waals surface area contributed by atoms with Crippen molar-refractivity contribution in [3.05, 3.63) is 386 Å². The Morgan fingerprint density at radius 2 is 0.965 bits per heavy atom. The summed E-state index contributed by atoms with van der Waals surface area (Å²) in [5.41, 5.74) is 22.5. The van der Waals surface area contributed by atoms with Crippen LogP contribution in [0.1, 0.15) is 55.8 Å². The number of benzene rings is 9. The van der Waals surface area contributed by atoms with Crippen molar-refractivity contribution in [3.8, 4) is 78.8 Å². The van der Waals surface area contributed by atoms with E-state index in [4.69, 9.17) is 14.6 Å². The quantitative estimate of drug-likeness (QED) is 0.0673. The van der Waals surface area contributed by atoms with E-state index < -0.39 is 0 Å². The smallest absolute Gasteiger partial charge is 0.217 e. The molecule has 2 aliphatic rings. The van der Waals surface area contributed by atoms with Gasteiger partial charge in [-0.3, -0.25) is 24.5 Å². The zero-order valence-electron chi connectivity index (χ0n) is 63.6. The second kappa shape index (κ2) is 42.7. The summed E-state index contributed by atoms with van der Waals surface area (Å²) in [6, 6.07) is 105. The molecule has 3 radical (unpaired) electrons. The molecule has 19 rings (SSSR count). The molecule has 0 saturated carbocycles. The van der Waals surface area contributed by atoms with Gasteiger partial charge in [0.15, 0.2) is 37.0 Å². The molecule has 0 atom stereocenters. The second-order valence-corrected chi connectivity index (χ2v) is 27.1. The fraction of sp³-hybridized carbons (Fsp3) is 0.0928. The van der Waals surface area contributed by atoms with Crippen LogP contribution in [-0.4, -0.2) is 51.7 Å². The Kier molecular flexibility index (Phi) is 32.2. The molecule has 2 aliphatic heterocycles. The Bertz CT molecular complexity index is 5760. The molecule has 573 valence electrons. The molecule has 8 aromatic heterocycles. The van der Waals surface area contributed by atoms with Crippen molar-refractivity contribution >= 4 is 65.0 Å². The van der Waals surface area contributed by atoms with Crippen LogP contribution in [0, 0.1) is 45.0 Å². The molecule has 13 nitrogen and oxygen atoms in total. The van der Waals surface area contributed by atoms with Gasteiger partial charge >= 0.3 is 0 Å². The van der Waals surface area contributed by atoms with E-state index in [1.807, 2.05) is 189 Å². The number of carbonyl (C=O) groups is 2. The van der Waals surface area contributed by atoms with E-state index in [-0.39, 0.29) is 83.4 Å². The number of pyridine rings is 4. The summed E-state index contributed by atoms with van der Waals surface area (Å²) in [7, 11) is 0. The number of allylic oxidation sites excluding steroid dienone is 4. The maximum atomic E-state index is 10.0. The van der Waals surface area contributed by atoms with Crippen LogP contribution in [-0.2, 0) is 83.0 Å². The zero-order valence-corrected chi connectivity index (χ0v) is 71.6. The molecule has 17 aromatic rings. The van der Waals surface area contributed by atoms with Gasteiger partial charge in [0.2, 0.25) is 11.4 Å². The van der Waals surface area contributed by atoms with Crippen LogP contribution in [0.25, 0.3) is 121 Å². The van der Waals surface area contributed by atoms with Crippen molar-refractivity contribution in [1.82, 2.24) is 29.9 Å². The third kappa shape index (κ3) is 22.9. The number of ketones is 2. The van der Waals surface area contributed by atoms with Crippen molar-refractivity contribution in [3.63, 3.8) is 0 Å². The number of thiophene rings is 1. The van der Waals surface area contributed by atoms with Crippen molar-refractivity contribution < 1.29 is 93.7 Å². The summed E-state index contributed by atoms with van der Waals surface area (Å²) in [5, 5.41) is 21.9. The minimum absolute atomic E-state index is 0. The molecule has 10 heterocycles. The number of hydrogen-bond donors (Lipinski definition) is 2. The number of aromatic nitrogens is 8. The third-order valence-corrected chi connectivity index (χ3v) is 18.7. The molecule has 9 aromatic carbocycles. The van der Waals surface area contributed by atoms with Gasteiger partial charge in [-0.05, 0) is 119 Å². The molecule has 0 fully saturated rings. The number of carbonyl (C=O) groups excluding carboxylic acids is 2. The van der Waals surface area contributed by atoms with Gasteiger partial charge in [-0.15, -0.1) is 155 Å². The summed E-state index contributed by atoms with van der Waals surface area (Å²) in [6.45, 7) is 13.6. The minimum Gasteiger partial charge on any atom is -0.512 e. The number of hydrogen-bond acceptors (Lipinski definition) is 12.